The van der Waals surface area contributed by atoms with Crippen molar-refractivity contribution in [3.05, 3.63) is 48.0 Å². The molecule has 5 nitrogen and oxygen atoms in total. The molecule has 1 aromatic heterocycles. The Morgan fingerprint density at radius 2 is 2.05 bits per heavy atom. The Kier molecular flexibility index (Phi) is 3.66. The monoisotopic (exact) mass is 302 g/mol. The van der Waals surface area contributed by atoms with Gasteiger partial charge in [0, 0.05) is 11.4 Å². The van der Waals surface area contributed by atoms with Gasteiger partial charge in [0.1, 0.15) is 0 Å². The molecule has 114 valence electrons. The lowest BCUT2D eigenvalue weighted by molar-refractivity contribution is -0.122. The molecule has 1 heterocycles. The summed E-state index contributed by atoms with van der Waals surface area (Å²) in [6, 6.07) is 5.57. The van der Waals surface area contributed by atoms with Crippen molar-refractivity contribution < 1.29 is 18.4 Å². The Morgan fingerprint density at radius 3 is 2.77 bits per heavy atom. The number of fused-ring (bicyclic) bond motifs is 1. The van der Waals surface area contributed by atoms with Crippen LogP contribution >= 0.6 is 0 Å². The van der Waals surface area contributed by atoms with Gasteiger partial charge >= 0.3 is 0 Å². The molecule has 6 heteroatoms. The van der Waals surface area contributed by atoms with Gasteiger partial charge in [-0.2, -0.15) is 0 Å². The minimum atomic E-state index is -0.521. The zero-order valence-corrected chi connectivity index (χ0v) is 11.7. The second-order valence-corrected chi connectivity index (χ2v) is 5.30. The van der Waals surface area contributed by atoms with Crippen molar-refractivity contribution in [2.75, 3.05) is 0 Å². The van der Waals surface area contributed by atoms with Crippen LogP contribution in [0.25, 0.3) is 11.0 Å². The van der Waals surface area contributed by atoms with Gasteiger partial charge in [-0.15, -0.1) is 0 Å². The molecule has 0 spiro atoms. The number of hydrogen-bond donors (Lipinski definition) is 2. The van der Waals surface area contributed by atoms with E-state index in [0.29, 0.717) is 18.2 Å². The summed E-state index contributed by atoms with van der Waals surface area (Å²) in [4.78, 5) is 23.7. The van der Waals surface area contributed by atoms with E-state index in [1.165, 1.54) is 12.1 Å². The third-order valence-electron chi connectivity index (χ3n) is 3.83. The summed E-state index contributed by atoms with van der Waals surface area (Å²) in [6.07, 6.45) is 4.78. The summed E-state index contributed by atoms with van der Waals surface area (Å²) in [7, 11) is 0. The second-order valence-electron chi connectivity index (χ2n) is 5.30. The van der Waals surface area contributed by atoms with E-state index in [1.54, 1.807) is 12.1 Å². The number of furan rings is 1. The first-order chi connectivity index (χ1) is 10.6. The Hall–Kier alpha value is -2.63. The quantitative estimate of drug-likeness (QED) is 0.852. The molecule has 2 amide bonds. The first kappa shape index (κ1) is 14.3. The van der Waals surface area contributed by atoms with Gasteiger partial charge in [0.05, 0.1) is 5.92 Å². The number of amides is 2. The molecule has 1 aliphatic carbocycles. The van der Waals surface area contributed by atoms with Crippen LogP contribution in [0.2, 0.25) is 0 Å². The Bertz CT molecular complexity index is 766. The van der Waals surface area contributed by atoms with Crippen molar-refractivity contribution in [1.82, 2.24) is 5.32 Å². The number of para-hydroxylation sites is 1. The van der Waals surface area contributed by atoms with E-state index in [-0.39, 0.29) is 17.4 Å². The largest absolute Gasteiger partial charge is 0.448 e. The van der Waals surface area contributed by atoms with Gasteiger partial charge in [-0.3, -0.25) is 9.59 Å². The fraction of sp³-hybridized carbons (Fsp3) is 0.250. The van der Waals surface area contributed by atoms with E-state index < -0.39 is 23.5 Å². The molecule has 1 aromatic carbocycles. The Labute approximate surface area is 126 Å². The summed E-state index contributed by atoms with van der Waals surface area (Å²) < 4.78 is 18.9. The zero-order valence-electron chi connectivity index (χ0n) is 11.7. The minimum absolute atomic E-state index is 0.0119. The third kappa shape index (κ3) is 2.59. The van der Waals surface area contributed by atoms with E-state index >= 15 is 0 Å². The number of hydrogen-bond acceptors (Lipinski definition) is 3. The fourth-order valence-corrected chi connectivity index (χ4v) is 2.67. The highest BCUT2D eigenvalue weighted by Crippen LogP contribution is 2.23. The number of carbonyl (C=O) groups is 2. The number of allylic oxidation sites excluding steroid dienone is 1. The summed E-state index contributed by atoms with van der Waals surface area (Å²) in [5, 5.41) is 3.25. The fourth-order valence-electron chi connectivity index (χ4n) is 2.67. The predicted molar refractivity (Wildman–Crippen MR) is 78.5 cm³/mol. The molecule has 0 saturated heterocycles. The molecule has 0 unspecified atom stereocenters. The van der Waals surface area contributed by atoms with E-state index in [2.05, 4.69) is 5.32 Å². The van der Waals surface area contributed by atoms with Gasteiger partial charge in [-0.05, 0) is 25.0 Å². The van der Waals surface area contributed by atoms with Crippen molar-refractivity contribution in [3.63, 3.8) is 0 Å². The van der Waals surface area contributed by atoms with Crippen LogP contribution in [-0.2, 0) is 4.79 Å². The van der Waals surface area contributed by atoms with Crippen LogP contribution in [0.15, 0.2) is 40.8 Å². The highest BCUT2D eigenvalue weighted by molar-refractivity contribution is 5.96. The average Bonchev–Trinajstić information content (AvgIpc) is 2.93. The smallest absolute Gasteiger partial charge is 0.287 e. The standard InChI is InChI=1S/C16H15FN2O3/c17-11-6-3-4-9-8-13(22-14(9)11)16(21)19-12-7-2-1-5-10(12)15(18)20/h1-4,6,8,10,12H,5,7H2,(H2,18,20)(H,19,21)/t10-,12-/m1/s1. The molecule has 22 heavy (non-hydrogen) atoms. The third-order valence-corrected chi connectivity index (χ3v) is 3.83. The van der Waals surface area contributed by atoms with Crippen LogP contribution < -0.4 is 11.1 Å². The predicted octanol–water partition coefficient (Wildman–Crippen LogP) is 2.12. The van der Waals surface area contributed by atoms with Crippen molar-refractivity contribution in [1.29, 1.82) is 0 Å². The van der Waals surface area contributed by atoms with Crippen LogP contribution in [0, 0.1) is 11.7 Å². The molecular formula is C16H15FN2O3. The topological polar surface area (TPSA) is 85.3 Å². The molecule has 0 aliphatic heterocycles. The Morgan fingerprint density at radius 1 is 1.27 bits per heavy atom. The Balaban J connectivity index is 1.82. The van der Waals surface area contributed by atoms with Gasteiger partial charge in [0.2, 0.25) is 5.91 Å². The average molecular weight is 302 g/mol. The molecule has 1 aliphatic rings. The molecular weight excluding hydrogens is 287 g/mol. The second kappa shape index (κ2) is 5.63. The number of halogens is 1. The van der Waals surface area contributed by atoms with Gasteiger partial charge in [-0.1, -0.05) is 24.3 Å². The molecule has 2 aromatic rings. The summed E-state index contributed by atoms with van der Waals surface area (Å²) in [5.74, 6) is -1.90. The lowest BCUT2D eigenvalue weighted by atomic mass is 9.88. The van der Waals surface area contributed by atoms with E-state index in [0.717, 1.165) is 0 Å². The number of primary amides is 1. The SMILES string of the molecule is NC(=O)[C@@H]1CC=CC[C@H]1NC(=O)c1cc2cccc(F)c2o1. The van der Waals surface area contributed by atoms with Crippen LogP contribution in [0.5, 0.6) is 0 Å². The summed E-state index contributed by atoms with van der Waals surface area (Å²) >= 11 is 0. The number of nitrogens with two attached hydrogens (primary N) is 1. The maximum absolute atomic E-state index is 13.6. The summed E-state index contributed by atoms with van der Waals surface area (Å²) in [5.41, 5.74) is 5.40. The highest BCUT2D eigenvalue weighted by atomic mass is 19.1. The van der Waals surface area contributed by atoms with Crippen molar-refractivity contribution >= 4 is 22.8 Å². The molecule has 0 fully saturated rings. The molecule has 0 radical (unpaired) electrons. The number of rotatable bonds is 3. The van der Waals surface area contributed by atoms with Crippen molar-refractivity contribution in [2.45, 2.75) is 18.9 Å². The first-order valence-electron chi connectivity index (χ1n) is 6.99. The molecule has 3 N–H and O–H groups in total. The van der Waals surface area contributed by atoms with Crippen LogP contribution in [0.1, 0.15) is 23.4 Å². The van der Waals surface area contributed by atoms with E-state index in [9.17, 15) is 14.0 Å². The number of benzene rings is 1. The lowest BCUT2D eigenvalue weighted by Gasteiger charge is -2.26. The normalized spacial score (nSPS) is 21.0. The van der Waals surface area contributed by atoms with Crippen molar-refractivity contribution in [2.24, 2.45) is 11.7 Å². The van der Waals surface area contributed by atoms with Gasteiger partial charge in [0.15, 0.2) is 17.2 Å². The van der Waals surface area contributed by atoms with Gasteiger partial charge in [0.25, 0.3) is 5.91 Å². The summed E-state index contributed by atoms with van der Waals surface area (Å²) in [6.45, 7) is 0. The van der Waals surface area contributed by atoms with Crippen LogP contribution in [0.4, 0.5) is 4.39 Å². The van der Waals surface area contributed by atoms with Crippen LogP contribution in [0.3, 0.4) is 0 Å². The minimum Gasteiger partial charge on any atom is -0.448 e. The van der Waals surface area contributed by atoms with Gasteiger partial charge in [-0.25, -0.2) is 4.39 Å². The molecule has 3 rings (SSSR count). The molecule has 0 saturated carbocycles. The lowest BCUT2D eigenvalue weighted by Crippen LogP contribution is -2.46. The number of nitrogens with one attached hydrogen (secondary N) is 1. The highest BCUT2D eigenvalue weighted by Gasteiger charge is 2.29. The maximum Gasteiger partial charge on any atom is 0.287 e. The van der Waals surface area contributed by atoms with Crippen LogP contribution in [-0.4, -0.2) is 17.9 Å². The van der Waals surface area contributed by atoms with E-state index in [4.69, 9.17) is 10.2 Å². The van der Waals surface area contributed by atoms with Crippen molar-refractivity contribution in [3.8, 4) is 0 Å². The molecule has 0 bridgehead atoms. The van der Waals surface area contributed by atoms with Gasteiger partial charge < -0.3 is 15.5 Å². The number of carbonyl (C=O) groups excluding carboxylic acids is 2. The molecule has 2 atom stereocenters. The zero-order chi connectivity index (χ0) is 15.7. The maximum atomic E-state index is 13.6. The van der Waals surface area contributed by atoms with E-state index in [1.807, 2.05) is 12.2 Å². The first-order valence-corrected chi connectivity index (χ1v) is 6.99.